The van der Waals surface area contributed by atoms with E-state index in [2.05, 4.69) is 124 Å². The van der Waals surface area contributed by atoms with Crippen LogP contribution in [0.3, 0.4) is 0 Å². The van der Waals surface area contributed by atoms with Gasteiger partial charge < -0.3 is 4.57 Å². The van der Waals surface area contributed by atoms with Gasteiger partial charge in [-0.3, -0.25) is 13.9 Å². The van der Waals surface area contributed by atoms with Gasteiger partial charge in [-0.15, -0.1) is 0 Å². The maximum atomic E-state index is 13.9. The molecule has 11 aromatic rings. The summed E-state index contributed by atoms with van der Waals surface area (Å²) in [5.41, 5.74) is 10.3. The van der Waals surface area contributed by atoms with E-state index in [1.165, 1.54) is 27.4 Å². The minimum Gasteiger partial charge on any atom is -0.309 e. The molecule has 0 amide bonds. The summed E-state index contributed by atoms with van der Waals surface area (Å²) >= 11 is 0. The van der Waals surface area contributed by atoms with Gasteiger partial charge in [0.05, 0.1) is 33.1 Å². The van der Waals surface area contributed by atoms with E-state index >= 15 is 0 Å². The van der Waals surface area contributed by atoms with E-state index in [1.807, 2.05) is 66.7 Å². The fourth-order valence-corrected chi connectivity index (χ4v) is 8.29. The Bertz CT molecular complexity index is 3300. The van der Waals surface area contributed by atoms with Crippen molar-refractivity contribution in [3.8, 4) is 28.3 Å². The molecule has 0 saturated heterocycles. The number of hydrogen-bond acceptors (Lipinski definition) is 2. The molecule has 5 heteroatoms. The molecule has 0 unspecified atom stereocenters. The fraction of sp³-hybridized carbons (Fsp3) is 0. The maximum Gasteiger partial charge on any atom is 0.263 e. The molecular formula is C48H30N4O. The first-order valence-corrected chi connectivity index (χ1v) is 17.9. The van der Waals surface area contributed by atoms with E-state index in [0.29, 0.717) is 5.39 Å². The highest BCUT2D eigenvalue weighted by Crippen LogP contribution is 2.38. The van der Waals surface area contributed by atoms with E-state index in [9.17, 15) is 4.79 Å². The van der Waals surface area contributed by atoms with Crippen LogP contribution in [-0.4, -0.2) is 18.7 Å². The molecule has 11 rings (SSSR count). The normalized spacial score (nSPS) is 11.8. The van der Waals surface area contributed by atoms with Crippen LogP contribution in [-0.2, 0) is 0 Å². The Kier molecular flexibility index (Phi) is 6.34. The summed E-state index contributed by atoms with van der Waals surface area (Å²) in [6, 6.07) is 63.0. The van der Waals surface area contributed by atoms with Crippen molar-refractivity contribution in [2.45, 2.75) is 0 Å². The summed E-state index contributed by atoms with van der Waals surface area (Å²) in [7, 11) is 0. The van der Waals surface area contributed by atoms with Crippen LogP contribution < -0.4 is 5.56 Å². The third kappa shape index (κ3) is 4.38. The second-order valence-electron chi connectivity index (χ2n) is 13.6. The standard InChI is InChI=1S/C48H30N4O/c53-48-38-20-8-7-19-37(38)47-45(51(48)34-15-5-2-6-16-34)27-28-46(49-47)52-42-22-12-10-18-36(42)40-30-32(24-26-44(40)52)31-23-25-43-39(29-31)35-17-9-11-21-41(35)50(43)33-13-3-1-4-14-33/h1-30H. The Hall–Kier alpha value is -7.24. The van der Waals surface area contributed by atoms with Gasteiger partial charge >= 0.3 is 0 Å². The zero-order valence-electron chi connectivity index (χ0n) is 28.5. The van der Waals surface area contributed by atoms with Crippen molar-refractivity contribution in [3.05, 3.63) is 192 Å². The predicted octanol–water partition coefficient (Wildman–Crippen LogP) is 11.4. The van der Waals surface area contributed by atoms with Crippen molar-refractivity contribution in [1.29, 1.82) is 0 Å². The highest BCUT2D eigenvalue weighted by Gasteiger charge is 2.19. The average Bonchev–Trinajstić information content (AvgIpc) is 3.74. The van der Waals surface area contributed by atoms with Gasteiger partial charge in [0.25, 0.3) is 5.56 Å². The molecule has 0 N–H and O–H groups in total. The Balaban J connectivity index is 1.12. The SMILES string of the molecule is O=c1c2ccccc2c2nc(-n3c4ccccc4c4cc(-c5ccc6c(c5)c5ccccc5n6-c5ccccc5)ccc43)ccc2n1-c1ccccc1. The van der Waals surface area contributed by atoms with Crippen LogP contribution >= 0.6 is 0 Å². The van der Waals surface area contributed by atoms with Gasteiger partial charge in [0.2, 0.25) is 0 Å². The fourth-order valence-electron chi connectivity index (χ4n) is 8.29. The van der Waals surface area contributed by atoms with Crippen LogP contribution in [0, 0.1) is 0 Å². The van der Waals surface area contributed by atoms with Crippen molar-refractivity contribution in [2.24, 2.45) is 0 Å². The first-order valence-electron chi connectivity index (χ1n) is 17.9. The monoisotopic (exact) mass is 678 g/mol. The van der Waals surface area contributed by atoms with Crippen LogP contribution in [0.5, 0.6) is 0 Å². The van der Waals surface area contributed by atoms with Gasteiger partial charge in [-0.25, -0.2) is 4.98 Å². The number of pyridine rings is 2. The molecule has 4 aromatic heterocycles. The number of aromatic nitrogens is 4. The highest BCUT2D eigenvalue weighted by atomic mass is 16.1. The number of benzene rings is 7. The minimum absolute atomic E-state index is 0.0546. The minimum atomic E-state index is -0.0546. The molecule has 0 saturated carbocycles. The summed E-state index contributed by atoms with van der Waals surface area (Å²) in [5, 5.41) is 6.26. The zero-order chi connectivity index (χ0) is 35.0. The first kappa shape index (κ1) is 29.5. The van der Waals surface area contributed by atoms with Gasteiger partial charge in [-0.2, -0.15) is 0 Å². The zero-order valence-corrected chi connectivity index (χ0v) is 28.5. The van der Waals surface area contributed by atoms with Crippen molar-refractivity contribution in [1.82, 2.24) is 18.7 Å². The molecule has 0 aliphatic carbocycles. The Morgan fingerprint density at radius 2 is 0.792 bits per heavy atom. The van der Waals surface area contributed by atoms with E-state index < -0.39 is 0 Å². The van der Waals surface area contributed by atoms with Crippen LogP contribution in [0.15, 0.2) is 187 Å². The van der Waals surface area contributed by atoms with E-state index in [1.54, 1.807) is 4.57 Å². The summed E-state index contributed by atoms with van der Waals surface area (Å²) in [4.78, 5) is 19.2. The molecular weight excluding hydrogens is 649 g/mol. The van der Waals surface area contributed by atoms with Crippen LogP contribution in [0.25, 0.3) is 93.7 Å². The third-order valence-electron chi connectivity index (χ3n) is 10.7. The first-order chi connectivity index (χ1) is 26.2. The molecule has 0 radical (unpaired) electrons. The molecule has 0 spiro atoms. The molecule has 248 valence electrons. The molecule has 0 aliphatic heterocycles. The van der Waals surface area contributed by atoms with Gasteiger partial charge in [-0.1, -0.05) is 103 Å². The summed E-state index contributed by atoms with van der Waals surface area (Å²) in [6.45, 7) is 0. The van der Waals surface area contributed by atoms with Gasteiger partial charge in [0.15, 0.2) is 0 Å². The summed E-state index contributed by atoms with van der Waals surface area (Å²) in [6.07, 6.45) is 0. The molecule has 0 aliphatic rings. The number of hydrogen-bond donors (Lipinski definition) is 0. The lowest BCUT2D eigenvalue weighted by Gasteiger charge is -2.15. The number of rotatable bonds is 4. The van der Waals surface area contributed by atoms with Crippen molar-refractivity contribution in [3.63, 3.8) is 0 Å². The molecule has 0 atom stereocenters. The Morgan fingerprint density at radius 3 is 1.42 bits per heavy atom. The number of fused-ring (bicyclic) bond motifs is 9. The second kappa shape index (κ2) is 11.4. The highest BCUT2D eigenvalue weighted by molar-refractivity contribution is 6.13. The smallest absolute Gasteiger partial charge is 0.263 e. The van der Waals surface area contributed by atoms with E-state index in [0.717, 1.165) is 61.0 Å². The second-order valence-corrected chi connectivity index (χ2v) is 13.6. The maximum absolute atomic E-state index is 13.9. The largest absolute Gasteiger partial charge is 0.309 e. The topological polar surface area (TPSA) is 44.8 Å². The quantitative estimate of drug-likeness (QED) is 0.174. The van der Waals surface area contributed by atoms with E-state index in [4.69, 9.17) is 4.98 Å². The predicted molar refractivity (Wildman–Crippen MR) is 219 cm³/mol. The molecule has 53 heavy (non-hydrogen) atoms. The third-order valence-corrected chi connectivity index (χ3v) is 10.7. The van der Waals surface area contributed by atoms with Crippen molar-refractivity contribution in [2.75, 3.05) is 0 Å². The lowest BCUT2D eigenvalue weighted by atomic mass is 10.0. The molecule has 7 aromatic carbocycles. The number of nitrogens with zero attached hydrogens (tertiary/aromatic N) is 4. The summed E-state index contributed by atoms with van der Waals surface area (Å²) < 4.78 is 6.38. The van der Waals surface area contributed by atoms with Crippen LogP contribution in [0.1, 0.15) is 0 Å². The van der Waals surface area contributed by atoms with E-state index in [-0.39, 0.29) is 5.56 Å². The molecule has 4 heterocycles. The molecule has 0 bridgehead atoms. The van der Waals surface area contributed by atoms with Crippen molar-refractivity contribution >= 4 is 65.4 Å². The lowest BCUT2D eigenvalue weighted by molar-refractivity contribution is 1.04. The number of para-hydroxylation sites is 4. The lowest BCUT2D eigenvalue weighted by Crippen LogP contribution is -2.19. The van der Waals surface area contributed by atoms with Crippen LogP contribution in [0.2, 0.25) is 0 Å². The Morgan fingerprint density at radius 1 is 0.340 bits per heavy atom. The molecule has 0 fully saturated rings. The van der Waals surface area contributed by atoms with Gasteiger partial charge in [0, 0.05) is 43.7 Å². The van der Waals surface area contributed by atoms with Gasteiger partial charge in [0.1, 0.15) is 5.82 Å². The summed E-state index contributed by atoms with van der Waals surface area (Å²) in [5.74, 6) is 0.801. The van der Waals surface area contributed by atoms with Crippen molar-refractivity contribution < 1.29 is 0 Å². The average molecular weight is 679 g/mol. The Labute approximate surface area is 303 Å². The van der Waals surface area contributed by atoms with Gasteiger partial charge in [-0.05, 0) is 90.0 Å². The molecule has 5 nitrogen and oxygen atoms in total. The van der Waals surface area contributed by atoms with Crippen LogP contribution in [0.4, 0.5) is 0 Å².